The third-order valence-electron chi connectivity index (χ3n) is 3.29. The molecule has 0 aromatic heterocycles. The number of piperazine rings is 1. The minimum Gasteiger partial charge on any atom is -0.404 e. The molecule has 2 rings (SSSR count). The fraction of sp³-hybridized carbons (Fsp3) is 0.429. The van der Waals surface area contributed by atoms with Crippen molar-refractivity contribution in [1.29, 1.82) is 0 Å². The van der Waals surface area contributed by atoms with Crippen molar-refractivity contribution in [2.75, 3.05) is 26.2 Å². The smallest absolute Gasteiger partial charge is 0.404 e. The fourth-order valence-corrected chi connectivity index (χ4v) is 2.59. The van der Waals surface area contributed by atoms with Gasteiger partial charge in [0, 0.05) is 26.2 Å². The summed E-state index contributed by atoms with van der Waals surface area (Å²) in [5.74, 6) is -0.393. The standard InChI is InChI=1S/C14H16ClF3N2O/c1-2-12(20-7-5-19-6-8-20)10-3-4-13(11(15)9-10)21-14(16,17)18/h2-4,9,12,19H,1,5-8H2/t12-/m0/s1. The number of ether oxygens (including phenoxy) is 1. The fourth-order valence-electron chi connectivity index (χ4n) is 2.36. The van der Waals surface area contributed by atoms with Crippen LogP contribution in [0.3, 0.4) is 0 Å². The van der Waals surface area contributed by atoms with Crippen molar-refractivity contribution in [1.82, 2.24) is 10.2 Å². The second-order valence-corrected chi connectivity index (χ2v) is 5.11. The molecule has 1 aromatic rings. The van der Waals surface area contributed by atoms with Gasteiger partial charge in [0.15, 0.2) is 0 Å². The number of halogens is 4. The molecule has 1 aromatic carbocycles. The molecule has 7 heteroatoms. The zero-order valence-corrected chi connectivity index (χ0v) is 12.0. The molecule has 1 N–H and O–H groups in total. The van der Waals surface area contributed by atoms with Gasteiger partial charge in [-0.15, -0.1) is 19.8 Å². The molecule has 3 nitrogen and oxygen atoms in total. The van der Waals surface area contributed by atoms with Crippen LogP contribution < -0.4 is 10.1 Å². The molecule has 1 aliphatic rings. The highest BCUT2D eigenvalue weighted by molar-refractivity contribution is 6.32. The molecule has 1 aliphatic heterocycles. The minimum atomic E-state index is -4.75. The first kappa shape index (κ1) is 16.1. The van der Waals surface area contributed by atoms with E-state index < -0.39 is 12.1 Å². The number of alkyl halides is 3. The summed E-state index contributed by atoms with van der Waals surface area (Å²) < 4.78 is 40.5. The van der Waals surface area contributed by atoms with Gasteiger partial charge in [-0.2, -0.15) is 0 Å². The van der Waals surface area contributed by atoms with E-state index >= 15 is 0 Å². The molecule has 1 fully saturated rings. The van der Waals surface area contributed by atoms with Gasteiger partial charge in [-0.3, -0.25) is 4.90 Å². The molecule has 0 bridgehead atoms. The summed E-state index contributed by atoms with van der Waals surface area (Å²) in [6.45, 7) is 7.23. The molecule has 0 radical (unpaired) electrons. The number of rotatable bonds is 4. The van der Waals surface area contributed by atoms with Crippen LogP contribution in [0.5, 0.6) is 5.75 Å². The number of nitrogens with one attached hydrogen (secondary N) is 1. The summed E-state index contributed by atoms with van der Waals surface area (Å²) in [6, 6.07) is 4.24. The van der Waals surface area contributed by atoms with Crippen molar-refractivity contribution in [3.8, 4) is 5.75 Å². The summed E-state index contributed by atoms with van der Waals surface area (Å²) >= 11 is 5.89. The lowest BCUT2D eigenvalue weighted by Gasteiger charge is -2.33. The Kier molecular flexibility index (Phi) is 5.13. The van der Waals surface area contributed by atoms with Gasteiger partial charge in [0.2, 0.25) is 0 Å². The van der Waals surface area contributed by atoms with E-state index in [4.69, 9.17) is 11.6 Å². The van der Waals surface area contributed by atoms with Crippen LogP contribution in [0, 0.1) is 0 Å². The topological polar surface area (TPSA) is 24.5 Å². The Morgan fingerprint density at radius 3 is 2.52 bits per heavy atom. The van der Waals surface area contributed by atoms with E-state index in [1.54, 1.807) is 12.1 Å². The molecule has 0 aliphatic carbocycles. The molecule has 0 spiro atoms. The van der Waals surface area contributed by atoms with Gasteiger partial charge in [-0.25, -0.2) is 0 Å². The van der Waals surface area contributed by atoms with Crippen LogP contribution in [0.4, 0.5) is 13.2 Å². The minimum absolute atomic E-state index is 0.0631. The van der Waals surface area contributed by atoms with Gasteiger partial charge in [-0.1, -0.05) is 23.7 Å². The Balaban J connectivity index is 2.19. The summed E-state index contributed by atoms with van der Waals surface area (Å²) in [5.41, 5.74) is 0.798. The van der Waals surface area contributed by atoms with E-state index in [2.05, 4.69) is 21.5 Å². The molecule has 0 amide bonds. The van der Waals surface area contributed by atoms with Crippen LogP contribution in [-0.2, 0) is 0 Å². The number of benzene rings is 1. The van der Waals surface area contributed by atoms with E-state index in [1.165, 1.54) is 12.1 Å². The van der Waals surface area contributed by atoms with Crippen molar-refractivity contribution in [2.45, 2.75) is 12.4 Å². The van der Waals surface area contributed by atoms with Crippen LogP contribution in [-0.4, -0.2) is 37.4 Å². The number of hydrogen-bond acceptors (Lipinski definition) is 3. The lowest BCUT2D eigenvalue weighted by Crippen LogP contribution is -2.44. The van der Waals surface area contributed by atoms with Crippen molar-refractivity contribution >= 4 is 11.6 Å². The molecule has 1 saturated heterocycles. The lowest BCUT2D eigenvalue weighted by molar-refractivity contribution is -0.274. The highest BCUT2D eigenvalue weighted by Crippen LogP contribution is 2.33. The van der Waals surface area contributed by atoms with E-state index in [1.807, 2.05) is 0 Å². The quantitative estimate of drug-likeness (QED) is 0.861. The maximum Gasteiger partial charge on any atom is 0.573 e. The summed E-state index contributed by atoms with van der Waals surface area (Å²) in [5, 5.41) is 3.18. The SMILES string of the molecule is C=C[C@@H](c1ccc(OC(F)(F)F)c(Cl)c1)N1CCNCC1. The maximum atomic E-state index is 12.2. The van der Waals surface area contributed by atoms with E-state index in [0.717, 1.165) is 31.7 Å². The Morgan fingerprint density at radius 2 is 2.00 bits per heavy atom. The largest absolute Gasteiger partial charge is 0.573 e. The van der Waals surface area contributed by atoms with Gasteiger partial charge < -0.3 is 10.1 Å². The van der Waals surface area contributed by atoms with Crippen molar-refractivity contribution < 1.29 is 17.9 Å². The highest BCUT2D eigenvalue weighted by Gasteiger charge is 2.32. The molecule has 1 atom stereocenters. The normalized spacial score (nSPS) is 18.3. The third-order valence-corrected chi connectivity index (χ3v) is 3.59. The maximum absolute atomic E-state index is 12.2. The predicted molar refractivity (Wildman–Crippen MR) is 75.5 cm³/mol. The first-order valence-corrected chi connectivity index (χ1v) is 6.91. The molecule has 1 heterocycles. The summed E-state index contributed by atoms with van der Waals surface area (Å²) in [7, 11) is 0. The van der Waals surface area contributed by atoms with E-state index in [9.17, 15) is 13.2 Å². The monoisotopic (exact) mass is 320 g/mol. The van der Waals surface area contributed by atoms with Crippen molar-refractivity contribution in [3.05, 3.63) is 41.4 Å². The molecule has 21 heavy (non-hydrogen) atoms. The van der Waals surface area contributed by atoms with Gasteiger partial charge >= 0.3 is 6.36 Å². The van der Waals surface area contributed by atoms with Crippen LogP contribution >= 0.6 is 11.6 Å². The first-order chi connectivity index (χ1) is 9.90. The number of nitrogens with zero attached hydrogens (tertiary/aromatic N) is 1. The van der Waals surface area contributed by atoms with Crippen molar-refractivity contribution in [2.24, 2.45) is 0 Å². The summed E-state index contributed by atoms with van der Waals surface area (Å²) in [6.07, 6.45) is -2.98. The zero-order valence-electron chi connectivity index (χ0n) is 11.3. The second kappa shape index (κ2) is 6.68. The highest BCUT2D eigenvalue weighted by atomic mass is 35.5. The van der Waals surface area contributed by atoms with Crippen LogP contribution in [0.1, 0.15) is 11.6 Å². The van der Waals surface area contributed by atoms with Gasteiger partial charge in [0.25, 0.3) is 0 Å². The second-order valence-electron chi connectivity index (χ2n) is 4.70. The molecule has 0 unspecified atom stereocenters. The first-order valence-electron chi connectivity index (χ1n) is 6.53. The van der Waals surface area contributed by atoms with Crippen LogP contribution in [0.2, 0.25) is 5.02 Å². The average Bonchev–Trinajstić information content (AvgIpc) is 2.42. The Bertz CT molecular complexity index is 501. The molecule has 116 valence electrons. The summed E-state index contributed by atoms with van der Waals surface area (Å²) in [4.78, 5) is 2.19. The average molecular weight is 321 g/mol. The third kappa shape index (κ3) is 4.36. The van der Waals surface area contributed by atoms with E-state index in [0.29, 0.717) is 0 Å². The number of hydrogen-bond donors (Lipinski definition) is 1. The van der Waals surface area contributed by atoms with Gasteiger partial charge in [0.1, 0.15) is 5.75 Å². The Morgan fingerprint density at radius 1 is 1.33 bits per heavy atom. The predicted octanol–water partition coefficient (Wildman–Crippen LogP) is 3.37. The van der Waals surface area contributed by atoms with Gasteiger partial charge in [0.05, 0.1) is 11.1 Å². The van der Waals surface area contributed by atoms with Crippen molar-refractivity contribution in [3.63, 3.8) is 0 Å². The Labute approximate surface area is 126 Å². The Hall–Kier alpha value is -1.24. The lowest BCUT2D eigenvalue weighted by atomic mass is 10.0. The zero-order chi connectivity index (χ0) is 15.5. The van der Waals surface area contributed by atoms with E-state index in [-0.39, 0.29) is 11.1 Å². The van der Waals surface area contributed by atoms with Crippen LogP contribution in [0.25, 0.3) is 0 Å². The molecular weight excluding hydrogens is 305 g/mol. The van der Waals surface area contributed by atoms with Gasteiger partial charge in [-0.05, 0) is 17.7 Å². The molecular formula is C14H16ClF3N2O. The van der Waals surface area contributed by atoms with Crippen LogP contribution in [0.15, 0.2) is 30.9 Å². The molecule has 0 saturated carbocycles.